The van der Waals surface area contributed by atoms with E-state index in [1.807, 2.05) is 26.0 Å². The lowest BCUT2D eigenvalue weighted by Crippen LogP contribution is -2.41. The van der Waals surface area contributed by atoms with Crippen LogP contribution >= 0.6 is 0 Å². The van der Waals surface area contributed by atoms with E-state index in [1.165, 1.54) is 33.5 Å². The van der Waals surface area contributed by atoms with Gasteiger partial charge >= 0.3 is 0 Å². The lowest BCUT2D eigenvalue weighted by Gasteiger charge is -2.26. The zero-order valence-corrected chi connectivity index (χ0v) is 21.3. The van der Waals surface area contributed by atoms with Crippen LogP contribution in [0.3, 0.4) is 0 Å². The van der Waals surface area contributed by atoms with E-state index in [1.54, 1.807) is 36.4 Å². The van der Waals surface area contributed by atoms with Crippen molar-refractivity contribution < 1.29 is 27.4 Å². The average molecular weight is 499 g/mol. The van der Waals surface area contributed by atoms with Crippen LogP contribution in [-0.2, 0) is 21.4 Å². The van der Waals surface area contributed by atoms with E-state index in [4.69, 9.17) is 14.2 Å². The maximum Gasteiger partial charge on any atom is 0.264 e. The third-order valence-corrected chi connectivity index (χ3v) is 7.23. The van der Waals surface area contributed by atoms with Gasteiger partial charge in [-0.15, -0.1) is 0 Å². The molecule has 0 fully saturated rings. The Morgan fingerprint density at radius 2 is 1.51 bits per heavy atom. The number of ether oxygens (including phenoxy) is 3. The van der Waals surface area contributed by atoms with Crippen molar-refractivity contribution in [2.75, 3.05) is 32.2 Å². The minimum atomic E-state index is -3.98. The normalized spacial score (nSPS) is 11.0. The van der Waals surface area contributed by atoms with Gasteiger partial charge in [-0.1, -0.05) is 35.9 Å². The summed E-state index contributed by atoms with van der Waals surface area (Å²) in [6.45, 7) is 3.51. The summed E-state index contributed by atoms with van der Waals surface area (Å²) in [5.41, 5.74) is 2.90. The van der Waals surface area contributed by atoms with Gasteiger partial charge in [-0.3, -0.25) is 9.10 Å². The van der Waals surface area contributed by atoms with Gasteiger partial charge in [-0.2, -0.15) is 0 Å². The Morgan fingerprint density at radius 1 is 0.886 bits per heavy atom. The Kier molecular flexibility index (Phi) is 8.24. The van der Waals surface area contributed by atoms with Crippen LogP contribution in [0.25, 0.3) is 0 Å². The second-order valence-electron chi connectivity index (χ2n) is 7.92. The highest BCUT2D eigenvalue weighted by molar-refractivity contribution is 7.92. The molecule has 0 spiro atoms. The van der Waals surface area contributed by atoms with Gasteiger partial charge in [-0.05, 0) is 55.3 Å². The number of benzene rings is 3. The van der Waals surface area contributed by atoms with Gasteiger partial charge in [0.15, 0.2) is 11.5 Å². The van der Waals surface area contributed by atoms with E-state index >= 15 is 0 Å². The average Bonchev–Trinajstić information content (AvgIpc) is 2.86. The third-order valence-electron chi connectivity index (χ3n) is 5.45. The van der Waals surface area contributed by atoms with Gasteiger partial charge in [-0.25, -0.2) is 8.42 Å². The lowest BCUT2D eigenvalue weighted by molar-refractivity contribution is -0.119. The van der Waals surface area contributed by atoms with Gasteiger partial charge in [0.1, 0.15) is 6.54 Å². The summed E-state index contributed by atoms with van der Waals surface area (Å²) in [5.74, 6) is 0.901. The zero-order chi connectivity index (χ0) is 25.6. The van der Waals surface area contributed by atoms with E-state index in [0.717, 1.165) is 15.4 Å². The molecule has 3 aromatic carbocycles. The fraction of sp³-hybridized carbons (Fsp3) is 0.269. The molecule has 8 nitrogen and oxygen atoms in total. The molecule has 9 heteroatoms. The van der Waals surface area contributed by atoms with Crippen LogP contribution in [0.15, 0.2) is 65.6 Å². The van der Waals surface area contributed by atoms with Crippen molar-refractivity contribution in [3.05, 3.63) is 77.4 Å². The molecule has 0 aliphatic rings. The van der Waals surface area contributed by atoms with Gasteiger partial charge in [0.2, 0.25) is 11.7 Å². The Hall–Kier alpha value is -3.72. The van der Waals surface area contributed by atoms with Gasteiger partial charge < -0.3 is 19.5 Å². The highest BCUT2D eigenvalue weighted by atomic mass is 32.2. The lowest BCUT2D eigenvalue weighted by atomic mass is 10.1. The molecule has 1 N–H and O–H groups in total. The molecule has 35 heavy (non-hydrogen) atoms. The molecular formula is C26H30N2O6S. The van der Waals surface area contributed by atoms with E-state index < -0.39 is 15.9 Å². The third kappa shape index (κ3) is 5.86. The summed E-state index contributed by atoms with van der Waals surface area (Å²) in [6, 6.07) is 16.9. The molecule has 0 unspecified atom stereocenters. The molecule has 3 rings (SSSR count). The van der Waals surface area contributed by atoms with Gasteiger partial charge in [0.25, 0.3) is 10.0 Å². The predicted octanol–water partition coefficient (Wildman–Crippen LogP) is 3.84. The molecule has 186 valence electrons. The second-order valence-corrected chi connectivity index (χ2v) is 9.79. The number of amides is 1. The summed E-state index contributed by atoms with van der Waals surface area (Å²) < 4.78 is 44.2. The molecule has 0 aromatic heterocycles. The highest BCUT2D eigenvalue weighted by Gasteiger charge is 2.28. The Bertz CT molecular complexity index is 1270. The minimum Gasteiger partial charge on any atom is -0.493 e. The molecule has 0 bridgehead atoms. The van der Waals surface area contributed by atoms with Crippen molar-refractivity contribution in [3.8, 4) is 17.2 Å². The van der Waals surface area contributed by atoms with Crippen molar-refractivity contribution >= 4 is 21.6 Å². The van der Waals surface area contributed by atoms with Crippen LogP contribution < -0.4 is 23.8 Å². The monoisotopic (exact) mass is 498 g/mol. The SMILES string of the molecule is COc1cc(CNC(=O)CN(c2ccc(C)cc2C)S(=O)(=O)c2ccccc2)cc(OC)c1OC. The number of rotatable bonds is 10. The Labute approximate surface area is 206 Å². The number of hydrogen-bond acceptors (Lipinski definition) is 6. The first-order valence-corrected chi connectivity index (χ1v) is 12.4. The molecule has 1 amide bonds. The van der Waals surface area contributed by atoms with Crippen LogP contribution in [0.4, 0.5) is 5.69 Å². The molecular weight excluding hydrogens is 468 g/mol. The molecule has 3 aromatic rings. The second kappa shape index (κ2) is 11.1. The predicted molar refractivity (Wildman–Crippen MR) is 135 cm³/mol. The summed E-state index contributed by atoms with van der Waals surface area (Å²) in [6.07, 6.45) is 0. The number of carbonyl (C=O) groups excluding carboxylic acids is 1. The number of aryl methyl sites for hydroxylation is 2. The van der Waals surface area contributed by atoms with Crippen molar-refractivity contribution in [1.82, 2.24) is 5.32 Å². The van der Waals surface area contributed by atoms with Crippen LogP contribution in [0, 0.1) is 13.8 Å². The maximum absolute atomic E-state index is 13.5. The van der Waals surface area contributed by atoms with Crippen LogP contribution in [-0.4, -0.2) is 42.2 Å². The fourth-order valence-corrected chi connectivity index (χ4v) is 5.24. The van der Waals surface area contributed by atoms with Crippen molar-refractivity contribution in [2.45, 2.75) is 25.3 Å². The highest BCUT2D eigenvalue weighted by Crippen LogP contribution is 2.38. The Morgan fingerprint density at radius 3 is 2.06 bits per heavy atom. The van der Waals surface area contributed by atoms with E-state index in [2.05, 4.69) is 5.32 Å². The number of methoxy groups -OCH3 is 3. The zero-order valence-electron chi connectivity index (χ0n) is 20.5. The number of hydrogen-bond donors (Lipinski definition) is 1. The Balaban J connectivity index is 1.88. The molecule has 0 radical (unpaired) electrons. The van der Waals surface area contributed by atoms with Gasteiger partial charge in [0.05, 0.1) is 31.9 Å². The van der Waals surface area contributed by atoms with Crippen molar-refractivity contribution in [1.29, 1.82) is 0 Å². The molecule has 0 aliphatic heterocycles. The molecule has 0 atom stereocenters. The van der Waals surface area contributed by atoms with Crippen LogP contribution in [0.1, 0.15) is 16.7 Å². The quantitative estimate of drug-likeness (QED) is 0.457. The van der Waals surface area contributed by atoms with Crippen LogP contribution in [0.2, 0.25) is 0 Å². The summed E-state index contributed by atoms with van der Waals surface area (Å²) in [4.78, 5) is 13.1. The summed E-state index contributed by atoms with van der Waals surface area (Å²) in [5, 5.41) is 2.80. The molecule has 0 saturated heterocycles. The first-order chi connectivity index (χ1) is 16.7. The fourth-order valence-electron chi connectivity index (χ4n) is 3.73. The first kappa shape index (κ1) is 25.9. The largest absolute Gasteiger partial charge is 0.493 e. The van der Waals surface area contributed by atoms with Crippen molar-refractivity contribution in [2.24, 2.45) is 0 Å². The number of nitrogens with one attached hydrogen (secondary N) is 1. The topological polar surface area (TPSA) is 94.2 Å². The van der Waals surface area contributed by atoms with E-state index in [-0.39, 0.29) is 18.0 Å². The smallest absolute Gasteiger partial charge is 0.264 e. The molecule has 0 heterocycles. The standard InChI is InChI=1S/C26H30N2O6S/c1-18-11-12-22(19(2)13-18)28(35(30,31)21-9-7-6-8-10-21)17-25(29)27-16-20-14-23(32-3)26(34-5)24(15-20)33-4/h6-15H,16-17H2,1-5H3,(H,27,29). The van der Waals surface area contributed by atoms with Crippen LogP contribution in [0.5, 0.6) is 17.2 Å². The number of nitrogens with zero attached hydrogens (tertiary/aromatic N) is 1. The molecule has 0 saturated carbocycles. The number of sulfonamides is 1. The van der Waals surface area contributed by atoms with E-state index in [0.29, 0.717) is 28.5 Å². The number of carbonyl (C=O) groups is 1. The maximum atomic E-state index is 13.5. The van der Waals surface area contributed by atoms with Gasteiger partial charge in [0, 0.05) is 6.54 Å². The minimum absolute atomic E-state index is 0.109. The summed E-state index contributed by atoms with van der Waals surface area (Å²) >= 11 is 0. The first-order valence-electron chi connectivity index (χ1n) is 10.9. The van der Waals surface area contributed by atoms with E-state index in [9.17, 15) is 13.2 Å². The summed E-state index contributed by atoms with van der Waals surface area (Å²) in [7, 11) is 0.548. The number of anilines is 1. The van der Waals surface area contributed by atoms with Crippen molar-refractivity contribution in [3.63, 3.8) is 0 Å². The molecule has 0 aliphatic carbocycles.